The molecule has 0 atom stereocenters. The Kier molecular flexibility index (Phi) is 10.1. The topological polar surface area (TPSA) is 107 Å². The van der Waals surface area contributed by atoms with Crippen molar-refractivity contribution >= 4 is 45.8 Å². The first-order valence-electron chi connectivity index (χ1n) is 14.2. The Labute approximate surface area is 252 Å². The number of fused-ring (bicyclic) bond motifs is 1. The molecule has 43 heavy (non-hydrogen) atoms. The normalized spacial score (nSPS) is 17.0. The highest BCUT2D eigenvalue weighted by atomic mass is 32.1. The highest BCUT2D eigenvalue weighted by Crippen LogP contribution is 2.30. The van der Waals surface area contributed by atoms with Crippen LogP contribution in [0.5, 0.6) is 0 Å². The van der Waals surface area contributed by atoms with E-state index in [1.54, 1.807) is 29.9 Å². The van der Waals surface area contributed by atoms with Crippen molar-refractivity contribution in [2.45, 2.75) is 57.7 Å². The minimum atomic E-state index is -2.65. The van der Waals surface area contributed by atoms with Gasteiger partial charge in [-0.15, -0.1) is 11.3 Å². The van der Waals surface area contributed by atoms with Crippen molar-refractivity contribution in [3.05, 3.63) is 69.9 Å². The Hall–Kier alpha value is -3.71. The summed E-state index contributed by atoms with van der Waals surface area (Å²) in [7, 11) is 1.67. The number of carbonyl (C=O) groups excluding carboxylic acids is 2. The summed E-state index contributed by atoms with van der Waals surface area (Å²) in [5, 5.41) is 9.23. The van der Waals surface area contributed by atoms with Gasteiger partial charge in [-0.25, -0.2) is 13.8 Å². The van der Waals surface area contributed by atoms with Gasteiger partial charge in [-0.1, -0.05) is 12.1 Å². The van der Waals surface area contributed by atoms with Crippen LogP contribution in [0.3, 0.4) is 0 Å². The largest absolute Gasteiger partial charge is 0.382 e. The average Bonchev–Trinajstić information content (AvgIpc) is 3.62. The molecular weight excluding hydrogens is 576 g/mol. The molecule has 2 aromatic heterocycles. The summed E-state index contributed by atoms with van der Waals surface area (Å²) in [4.78, 5) is 29.5. The molecule has 2 aromatic carbocycles. The lowest BCUT2D eigenvalue weighted by Crippen LogP contribution is -2.35. The number of anilines is 2. The Bertz CT molecular complexity index is 1560. The lowest BCUT2D eigenvalue weighted by molar-refractivity contribution is -0.114. The van der Waals surface area contributed by atoms with E-state index in [1.807, 2.05) is 24.3 Å². The van der Waals surface area contributed by atoms with E-state index in [1.165, 1.54) is 19.1 Å². The number of ether oxygens (including phenoxy) is 2. The number of benzene rings is 2. The highest BCUT2D eigenvalue weighted by Gasteiger charge is 2.22. The SMILES string of the molecule is COCCOC1CCC(NCc2ccc3c(c2)nc(NC(=O)c2ccc(C(F)F)s2)n3-c2cccc(NC(C)=O)c2)CC1. The van der Waals surface area contributed by atoms with Gasteiger partial charge in [-0.3, -0.25) is 19.5 Å². The fourth-order valence-electron chi connectivity index (χ4n) is 5.26. The zero-order valence-electron chi connectivity index (χ0n) is 24.1. The molecule has 1 fully saturated rings. The maximum atomic E-state index is 13.1. The van der Waals surface area contributed by atoms with Gasteiger partial charge in [0.2, 0.25) is 11.9 Å². The highest BCUT2D eigenvalue weighted by molar-refractivity contribution is 7.14. The van der Waals surface area contributed by atoms with E-state index in [2.05, 4.69) is 16.0 Å². The van der Waals surface area contributed by atoms with Gasteiger partial charge in [0.05, 0.1) is 45.8 Å². The fourth-order valence-corrected chi connectivity index (χ4v) is 6.02. The van der Waals surface area contributed by atoms with Crippen LogP contribution in [0.1, 0.15) is 59.1 Å². The van der Waals surface area contributed by atoms with Crippen molar-refractivity contribution < 1.29 is 27.8 Å². The average molecular weight is 612 g/mol. The van der Waals surface area contributed by atoms with Gasteiger partial charge in [-0.05, 0) is 73.7 Å². The molecule has 4 aromatic rings. The molecule has 1 aliphatic carbocycles. The second-order valence-corrected chi connectivity index (χ2v) is 11.6. The van der Waals surface area contributed by atoms with E-state index in [9.17, 15) is 18.4 Å². The van der Waals surface area contributed by atoms with E-state index in [0.29, 0.717) is 42.7 Å². The van der Waals surface area contributed by atoms with Gasteiger partial charge in [0.15, 0.2) is 0 Å². The molecule has 2 heterocycles. The van der Waals surface area contributed by atoms with E-state index in [4.69, 9.17) is 14.5 Å². The summed E-state index contributed by atoms with van der Waals surface area (Å²) >= 11 is 0.745. The number of hydrogen-bond donors (Lipinski definition) is 3. The Balaban J connectivity index is 1.36. The van der Waals surface area contributed by atoms with Crippen LogP contribution in [0.15, 0.2) is 54.6 Å². The molecule has 1 saturated carbocycles. The van der Waals surface area contributed by atoms with Crippen LogP contribution in [0, 0.1) is 0 Å². The van der Waals surface area contributed by atoms with E-state index >= 15 is 0 Å². The van der Waals surface area contributed by atoms with Gasteiger partial charge >= 0.3 is 0 Å². The number of methoxy groups -OCH3 is 1. The van der Waals surface area contributed by atoms with Gasteiger partial charge in [0.25, 0.3) is 12.3 Å². The summed E-state index contributed by atoms with van der Waals surface area (Å²) in [6, 6.07) is 16.2. The third-order valence-corrected chi connectivity index (χ3v) is 8.44. The van der Waals surface area contributed by atoms with Crippen LogP contribution < -0.4 is 16.0 Å². The number of nitrogens with one attached hydrogen (secondary N) is 3. The Morgan fingerprint density at radius 3 is 2.58 bits per heavy atom. The number of hydrogen-bond acceptors (Lipinski definition) is 7. The van der Waals surface area contributed by atoms with Crippen molar-refractivity contribution in [2.24, 2.45) is 0 Å². The summed E-state index contributed by atoms with van der Waals surface area (Å²) in [5.74, 6) is -0.503. The molecule has 3 N–H and O–H groups in total. The number of carbonyl (C=O) groups is 2. The molecule has 5 rings (SSSR count). The third kappa shape index (κ3) is 7.82. The molecule has 2 amide bonds. The van der Waals surface area contributed by atoms with E-state index in [0.717, 1.165) is 48.1 Å². The number of imidazole rings is 1. The second-order valence-electron chi connectivity index (χ2n) is 10.5. The molecular formula is C31H35F2N5O4S. The molecule has 1 aliphatic rings. The zero-order valence-corrected chi connectivity index (χ0v) is 24.9. The first kappa shape index (κ1) is 30.7. The van der Waals surface area contributed by atoms with Crippen LogP contribution >= 0.6 is 11.3 Å². The number of halogens is 2. The van der Waals surface area contributed by atoms with E-state index < -0.39 is 12.3 Å². The van der Waals surface area contributed by atoms with Crippen molar-refractivity contribution in [1.29, 1.82) is 0 Å². The van der Waals surface area contributed by atoms with Crippen molar-refractivity contribution in [2.75, 3.05) is 31.0 Å². The van der Waals surface area contributed by atoms with E-state index in [-0.39, 0.29) is 27.7 Å². The predicted octanol–water partition coefficient (Wildman–Crippen LogP) is 6.30. The van der Waals surface area contributed by atoms with Crippen LogP contribution in [-0.4, -0.2) is 53.8 Å². The molecule has 0 radical (unpaired) electrons. The predicted molar refractivity (Wildman–Crippen MR) is 163 cm³/mol. The number of thiophene rings is 1. The lowest BCUT2D eigenvalue weighted by atomic mass is 9.93. The minimum absolute atomic E-state index is 0.157. The van der Waals surface area contributed by atoms with Crippen LogP contribution in [-0.2, 0) is 20.8 Å². The van der Waals surface area contributed by atoms with Gasteiger partial charge in [0.1, 0.15) is 0 Å². The Morgan fingerprint density at radius 2 is 1.86 bits per heavy atom. The standard InChI is InChI=1S/C31H35F2N5O4S/c1-19(39)35-22-4-3-5-23(17-22)38-26-11-6-20(18-34-21-7-9-24(10-8-21)42-15-14-41-2)16-25(26)36-31(38)37-30(40)28-13-12-27(43-28)29(32)33/h3-6,11-13,16-17,21,24,29,34H,7-10,14-15,18H2,1-2H3,(H,35,39)(H,36,37,40). The minimum Gasteiger partial charge on any atom is -0.382 e. The van der Waals surface area contributed by atoms with Gasteiger partial charge in [-0.2, -0.15) is 0 Å². The van der Waals surface area contributed by atoms with Crippen LogP contribution in [0.25, 0.3) is 16.7 Å². The monoisotopic (exact) mass is 611 g/mol. The summed E-state index contributed by atoms with van der Waals surface area (Å²) in [6.45, 7) is 3.32. The molecule has 0 bridgehead atoms. The molecule has 0 saturated heterocycles. The molecule has 228 valence electrons. The van der Waals surface area contributed by atoms with Crippen molar-refractivity contribution in [3.63, 3.8) is 0 Å². The van der Waals surface area contributed by atoms with Crippen LogP contribution in [0.4, 0.5) is 20.4 Å². The fraction of sp³-hybridized carbons (Fsp3) is 0.387. The number of rotatable bonds is 12. The van der Waals surface area contributed by atoms with Crippen molar-refractivity contribution in [3.8, 4) is 5.69 Å². The summed E-state index contributed by atoms with van der Waals surface area (Å²) in [5.41, 5.74) is 3.70. The number of amides is 2. The molecule has 9 nitrogen and oxygen atoms in total. The molecule has 0 unspecified atom stereocenters. The second kappa shape index (κ2) is 14.2. The van der Waals surface area contributed by atoms with Gasteiger partial charge < -0.3 is 20.1 Å². The quantitative estimate of drug-likeness (QED) is 0.162. The molecule has 12 heteroatoms. The third-order valence-electron chi connectivity index (χ3n) is 7.34. The first-order chi connectivity index (χ1) is 20.8. The summed E-state index contributed by atoms with van der Waals surface area (Å²) in [6.07, 6.45) is 1.71. The Morgan fingerprint density at radius 1 is 1.05 bits per heavy atom. The van der Waals surface area contributed by atoms with Gasteiger partial charge in [0, 0.05) is 32.3 Å². The van der Waals surface area contributed by atoms with Crippen LogP contribution in [0.2, 0.25) is 0 Å². The molecule has 0 spiro atoms. The van der Waals surface area contributed by atoms with Crippen molar-refractivity contribution in [1.82, 2.24) is 14.9 Å². The number of alkyl halides is 2. The smallest absolute Gasteiger partial charge is 0.272 e. The maximum Gasteiger partial charge on any atom is 0.272 e. The molecule has 0 aliphatic heterocycles. The first-order valence-corrected chi connectivity index (χ1v) is 15.0. The number of aromatic nitrogens is 2. The maximum absolute atomic E-state index is 13.1. The lowest BCUT2D eigenvalue weighted by Gasteiger charge is -2.29. The summed E-state index contributed by atoms with van der Waals surface area (Å²) < 4.78 is 39.0. The zero-order chi connectivity index (χ0) is 30.3. The number of nitrogens with zero attached hydrogens (tertiary/aromatic N) is 2.